The average molecular weight is 333 g/mol. The molecule has 0 spiro atoms. The Morgan fingerprint density at radius 1 is 1.25 bits per heavy atom. The molecule has 134 valence electrons. The Labute approximate surface area is 145 Å². The lowest BCUT2D eigenvalue weighted by molar-refractivity contribution is -0.137. The van der Waals surface area contributed by atoms with Gasteiger partial charge in [0.05, 0.1) is 17.8 Å². The normalized spacial score (nSPS) is 21.3. The Kier molecular flexibility index (Phi) is 5.87. The molecular weight excluding hydrogens is 302 g/mol. The van der Waals surface area contributed by atoms with Crippen LogP contribution in [0.5, 0.6) is 0 Å². The van der Waals surface area contributed by atoms with E-state index in [1.54, 1.807) is 0 Å². The predicted octanol–water partition coefficient (Wildman–Crippen LogP) is 2.27. The number of hydrogen-bond acceptors (Lipinski definition) is 4. The zero-order valence-corrected chi connectivity index (χ0v) is 15.2. The van der Waals surface area contributed by atoms with E-state index in [1.807, 2.05) is 4.68 Å². The van der Waals surface area contributed by atoms with E-state index in [0.717, 1.165) is 51.1 Å². The van der Waals surface area contributed by atoms with Gasteiger partial charge in [0.2, 0.25) is 5.91 Å². The molecule has 1 amide bonds. The second kappa shape index (κ2) is 8.10. The highest BCUT2D eigenvalue weighted by Crippen LogP contribution is 2.23. The predicted molar refractivity (Wildman–Crippen MR) is 93.8 cm³/mol. The SMILES string of the molecule is CCCCc1cn(C2CCN(C(=O)C(C)N3CCCC3)CC2)nn1. The molecule has 1 unspecified atom stereocenters. The molecule has 1 aromatic rings. The van der Waals surface area contributed by atoms with Gasteiger partial charge in [-0.2, -0.15) is 0 Å². The van der Waals surface area contributed by atoms with Crippen molar-refractivity contribution in [1.29, 1.82) is 0 Å². The van der Waals surface area contributed by atoms with Crippen molar-refractivity contribution >= 4 is 5.91 Å². The molecule has 0 saturated carbocycles. The summed E-state index contributed by atoms with van der Waals surface area (Å²) in [5.41, 5.74) is 1.10. The minimum atomic E-state index is 0.0380. The van der Waals surface area contributed by atoms with Crippen LogP contribution in [0.3, 0.4) is 0 Å². The molecule has 0 bridgehead atoms. The fourth-order valence-electron chi connectivity index (χ4n) is 3.86. The summed E-state index contributed by atoms with van der Waals surface area (Å²) in [4.78, 5) is 17.1. The monoisotopic (exact) mass is 333 g/mol. The van der Waals surface area contributed by atoms with E-state index in [-0.39, 0.29) is 6.04 Å². The fraction of sp³-hybridized carbons (Fsp3) is 0.833. The summed E-state index contributed by atoms with van der Waals surface area (Å²) in [6, 6.07) is 0.426. The van der Waals surface area contributed by atoms with Crippen molar-refractivity contribution < 1.29 is 4.79 Å². The number of hydrogen-bond donors (Lipinski definition) is 0. The van der Waals surface area contributed by atoms with Gasteiger partial charge in [-0.1, -0.05) is 18.6 Å². The maximum Gasteiger partial charge on any atom is 0.239 e. The van der Waals surface area contributed by atoms with Crippen LogP contribution >= 0.6 is 0 Å². The molecular formula is C18H31N5O. The third-order valence-corrected chi connectivity index (χ3v) is 5.54. The van der Waals surface area contributed by atoms with Crippen molar-refractivity contribution in [2.45, 2.75) is 70.9 Å². The van der Waals surface area contributed by atoms with E-state index >= 15 is 0 Å². The van der Waals surface area contributed by atoms with Gasteiger partial charge in [-0.25, -0.2) is 4.68 Å². The second-order valence-electron chi connectivity index (χ2n) is 7.27. The van der Waals surface area contributed by atoms with Crippen molar-refractivity contribution in [3.05, 3.63) is 11.9 Å². The maximum atomic E-state index is 12.7. The molecule has 2 saturated heterocycles. The zero-order valence-electron chi connectivity index (χ0n) is 15.2. The van der Waals surface area contributed by atoms with Crippen molar-refractivity contribution in [2.24, 2.45) is 0 Å². The molecule has 0 aliphatic carbocycles. The highest BCUT2D eigenvalue weighted by Gasteiger charge is 2.31. The number of carbonyl (C=O) groups is 1. The van der Waals surface area contributed by atoms with Gasteiger partial charge in [-0.15, -0.1) is 5.10 Å². The minimum Gasteiger partial charge on any atom is -0.341 e. The van der Waals surface area contributed by atoms with Crippen LogP contribution in [-0.2, 0) is 11.2 Å². The number of unbranched alkanes of at least 4 members (excludes halogenated alkanes) is 1. The second-order valence-corrected chi connectivity index (χ2v) is 7.27. The van der Waals surface area contributed by atoms with Gasteiger partial charge < -0.3 is 4.90 Å². The van der Waals surface area contributed by atoms with Crippen molar-refractivity contribution in [2.75, 3.05) is 26.2 Å². The van der Waals surface area contributed by atoms with E-state index in [4.69, 9.17) is 0 Å². The summed E-state index contributed by atoms with van der Waals surface area (Å²) in [7, 11) is 0. The Morgan fingerprint density at radius 2 is 1.96 bits per heavy atom. The summed E-state index contributed by atoms with van der Waals surface area (Å²) in [6.45, 7) is 8.08. The summed E-state index contributed by atoms with van der Waals surface area (Å²) < 4.78 is 2.02. The average Bonchev–Trinajstić information content (AvgIpc) is 3.30. The lowest BCUT2D eigenvalue weighted by Gasteiger charge is -2.35. The summed E-state index contributed by atoms with van der Waals surface area (Å²) in [5, 5.41) is 8.61. The molecule has 0 radical (unpaired) electrons. The highest BCUT2D eigenvalue weighted by molar-refractivity contribution is 5.81. The van der Waals surface area contributed by atoms with Crippen LogP contribution in [-0.4, -0.2) is 62.9 Å². The number of aryl methyl sites for hydroxylation is 1. The van der Waals surface area contributed by atoms with Crippen molar-refractivity contribution in [1.82, 2.24) is 24.8 Å². The van der Waals surface area contributed by atoms with Crippen LogP contribution in [0.1, 0.15) is 64.1 Å². The number of likely N-dealkylation sites (tertiary alicyclic amines) is 2. The Hall–Kier alpha value is -1.43. The fourth-order valence-corrected chi connectivity index (χ4v) is 3.86. The highest BCUT2D eigenvalue weighted by atomic mass is 16.2. The lowest BCUT2D eigenvalue weighted by atomic mass is 10.0. The number of amides is 1. The van der Waals surface area contributed by atoms with Gasteiger partial charge >= 0.3 is 0 Å². The summed E-state index contributed by atoms with van der Waals surface area (Å²) in [6.07, 6.45) is 9.89. The molecule has 6 heteroatoms. The van der Waals surface area contributed by atoms with E-state index in [2.05, 4.69) is 40.2 Å². The first kappa shape index (κ1) is 17.4. The maximum absolute atomic E-state index is 12.7. The van der Waals surface area contributed by atoms with Gasteiger partial charge in [-0.05, 0) is 58.5 Å². The molecule has 0 aromatic carbocycles. The molecule has 3 heterocycles. The molecule has 24 heavy (non-hydrogen) atoms. The van der Waals surface area contributed by atoms with Gasteiger partial charge in [0, 0.05) is 19.3 Å². The number of carbonyl (C=O) groups excluding carboxylic acids is 1. The molecule has 1 aromatic heterocycles. The minimum absolute atomic E-state index is 0.0380. The summed E-state index contributed by atoms with van der Waals surface area (Å²) >= 11 is 0. The smallest absolute Gasteiger partial charge is 0.239 e. The Balaban J connectivity index is 1.49. The van der Waals surface area contributed by atoms with Crippen LogP contribution < -0.4 is 0 Å². The van der Waals surface area contributed by atoms with Crippen LogP contribution in [0.2, 0.25) is 0 Å². The number of aromatic nitrogens is 3. The van der Waals surface area contributed by atoms with Crippen LogP contribution in [0.4, 0.5) is 0 Å². The first-order valence-electron chi connectivity index (χ1n) is 9.62. The molecule has 3 rings (SSSR count). The molecule has 0 N–H and O–H groups in total. The van der Waals surface area contributed by atoms with E-state index in [9.17, 15) is 4.79 Å². The topological polar surface area (TPSA) is 54.3 Å². The lowest BCUT2D eigenvalue weighted by Crippen LogP contribution is -2.48. The molecule has 2 aliphatic rings. The molecule has 2 aliphatic heterocycles. The Bertz CT molecular complexity index is 529. The van der Waals surface area contributed by atoms with E-state index in [0.29, 0.717) is 11.9 Å². The van der Waals surface area contributed by atoms with Crippen LogP contribution in [0.15, 0.2) is 6.20 Å². The van der Waals surface area contributed by atoms with Crippen LogP contribution in [0, 0.1) is 0 Å². The number of piperidine rings is 1. The van der Waals surface area contributed by atoms with E-state index < -0.39 is 0 Å². The number of nitrogens with zero attached hydrogens (tertiary/aromatic N) is 5. The standard InChI is InChI=1S/C18H31N5O/c1-3-4-7-16-14-23(20-19-16)17-8-12-22(13-9-17)18(24)15(2)21-10-5-6-11-21/h14-15,17H,3-13H2,1-2H3. The summed E-state index contributed by atoms with van der Waals surface area (Å²) in [5.74, 6) is 0.303. The van der Waals surface area contributed by atoms with Gasteiger partial charge in [0.25, 0.3) is 0 Å². The number of rotatable bonds is 6. The Morgan fingerprint density at radius 3 is 2.62 bits per heavy atom. The van der Waals surface area contributed by atoms with Crippen molar-refractivity contribution in [3.63, 3.8) is 0 Å². The zero-order chi connectivity index (χ0) is 16.9. The molecule has 6 nitrogen and oxygen atoms in total. The molecule has 2 fully saturated rings. The van der Waals surface area contributed by atoms with Gasteiger partial charge in [0.15, 0.2) is 0 Å². The van der Waals surface area contributed by atoms with E-state index in [1.165, 1.54) is 25.7 Å². The third-order valence-electron chi connectivity index (χ3n) is 5.54. The quantitative estimate of drug-likeness (QED) is 0.801. The van der Waals surface area contributed by atoms with Gasteiger partial charge in [0.1, 0.15) is 0 Å². The third kappa shape index (κ3) is 3.97. The van der Waals surface area contributed by atoms with Gasteiger partial charge in [-0.3, -0.25) is 9.69 Å². The first-order chi connectivity index (χ1) is 11.7. The first-order valence-corrected chi connectivity index (χ1v) is 9.62. The largest absolute Gasteiger partial charge is 0.341 e. The van der Waals surface area contributed by atoms with Crippen LogP contribution in [0.25, 0.3) is 0 Å². The van der Waals surface area contributed by atoms with Crippen molar-refractivity contribution in [3.8, 4) is 0 Å². The molecule has 1 atom stereocenters.